The van der Waals surface area contributed by atoms with E-state index in [9.17, 15) is 0 Å². The molecule has 1 unspecified atom stereocenters. The van der Waals surface area contributed by atoms with Gasteiger partial charge in [-0.1, -0.05) is 0 Å². The van der Waals surface area contributed by atoms with Crippen LogP contribution < -0.4 is 5.73 Å². The first-order chi connectivity index (χ1) is 9.15. The van der Waals surface area contributed by atoms with E-state index in [1.807, 2.05) is 0 Å². The van der Waals surface area contributed by atoms with E-state index in [0.29, 0.717) is 5.41 Å². The predicted octanol–water partition coefficient (Wildman–Crippen LogP) is 3.49. The van der Waals surface area contributed by atoms with Crippen molar-refractivity contribution in [3.8, 4) is 0 Å². The van der Waals surface area contributed by atoms with E-state index in [-0.39, 0.29) is 5.54 Å². The number of hydrogen-bond acceptors (Lipinski definition) is 2. The maximum Gasteiger partial charge on any atom is 0.0646 e. The molecule has 0 aromatic rings. The molecule has 1 saturated heterocycles. The Hall–Kier alpha value is -0.0800. The van der Waals surface area contributed by atoms with E-state index in [1.165, 1.54) is 38.5 Å². The Labute approximate surface area is 117 Å². The summed E-state index contributed by atoms with van der Waals surface area (Å²) >= 11 is 0. The fraction of sp³-hybridized carbons (Fsp3) is 1.00. The van der Waals surface area contributed by atoms with Gasteiger partial charge in [0, 0.05) is 12.1 Å². The molecule has 19 heavy (non-hydrogen) atoms. The maximum absolute atomic E-state index is 6.56. The lowest BCUT2D eigenvalue weighted by Crippen LogP contribution is -2.50. The fourth-order valence-electron chi connectivity index (χ4n) is 6.18. The van der Waals surface area contributed by atoms with E-state index in [0.717, 1.165) is 37.4 Å². The molecule has 4 saturated carbocycles. The van der Waals surface area contributed by atoms with Gasteiger partial charge in [0.15, 0.2) is 0 Å². The smallest absolute Gasteiger partial charge is 0.0646 e. The van der Waals surface area contributed by atoms with Gasteiger partial charge in [0.1, 0.15) is 0 Å². The second kappa shape index (κ2) is 4.46. The van der Waals surface area contributed by atoms with Crippen LogP contribution in [0.2, 0.25) is 0 Å². The van der Waals surface area contributed by atoms with Gasteiger partial charge in [0.2, 0.25) is 0 Å². The number of rotatable bonds is 3. The van der Waals surface area contributed by atoms with Crippen molar-refractivity contribution in [2.75, 3.05) is 13.2 Å². The van der Waals surface area contributed by atoms with E-state index >= 15 is 0 Å². The molecule has 0 aromatic carbocycles. The molecule has 1 aliphatic heterocycles. The Morgan fingerprint density at radius 1 is 0.947 bits per heavy atom. The number of hydrogen-bond donors (Lipinski definition) is 1. The largest absolute Gasteiger partial charge is 0.380 e. The number of nitrogens with two attached hydrogens (primary N) is 1. The Kier molecular flexibility index (Phi) is 2.97. The summed E-state index contributed by atoms with van der Waals surface area (Å²) in [5.41, 5.74) is 7.26. The highest BCUT2D eigenvalue weighted by molar-refractivity contribution is 5.02. The zero-order valence-electron chi connectivity index (χ0n) is 12.2. The Morgan fingerprint density at radius 3 is 2.11 bits per heavy atom. The van der Waals surface area contributed by atoms with Crippen LogP contribution in [0.15, 0.2) is 0 Å². The summed E-state index contributed by atoms with van der Waals surface area (Å²) < 4.78 is 5.63. The van der Waals surface area contributed by atoms with Crippen LogP contribution in [0.5, 0.6) is 0 Å². The molecule has 1 atom stereocenters. The first-order valence-corrected chi connectivity index (χ1v) is 8.52. The highest BCUT2D eigenvalue weighted by atomic mass is 16.5. The van der Waals surface area contributed by atoms with Crippen molar-refractivity contribution < 1.29 is 4.74 Å². The van der Waals surface area contributed by atoms with Crippen molar-refractivity contribution in [2.24, 2.45) is 28.9 Å². The fourth-order valence-corrected chi connectivity index (χ4v) is 6.18. The van der Waals surface area contributed by atoms with Crippen LogP contribution in [0.1, 0.15) is 64.2 Å². The van der Waals surface area contributed by atoms with Crippen molar-refractivity contribution in [3.63, 3.8) is 0 Å². The quantitative estimate of drug-likeness (QED) is 0.846. The van der Waals surface area contributed by atoms with E-state index < -0.39 is 0 Å². The molecule has 108 valence electrons. The molecule has 0 aromatic heterocycles. The van der Waals surface area contributed by atoms with E-state index in [2.05, 4.69) is 0 Å². The maximum atomic E-state index is 6.56. The third kappa shape index (κ3) is 2.35. The van der Waals surface area contributed by atoms with Gasteiger partial charge in [-0.25, -0.2) is 0 Å². The van der Waals surface area contributed by atoms with Gasteiger partial charge in [-0.3, -0.25) is 0 Å². The van der Waals surface area contributed by atoms with Crippen LogP contribution in [0, 0.1) is 23.2 Å². The summed E-state index contributed by atoms with van der Waals surface area (Å²) in [5.74, 6) is 3.22. The van der Waals surface area contributed by atoms with Crippen molar-refractivity contribution >= 4 is 0 Å². The predicted molar refractivity (Wildman–Crippen MR) is 76.8 cm³/mol. The lowest BCUT2D eigenvalue weighted by Gasteiger charge is -2.57. The van der Waals surface area contributed by atoms with Crippen molar-refractivity contribution in [1.29, 1.82) is 0 Å². The lowest BCUT2D eigenvalue weighted by atomic mass is 9.48. The molecule has 0 amide bonds. The highest BCUT2D eigenvalue weighted by Crippen LogP contribution is 2.61. The van der Waals surface area contributed by atoms with Crippen LogP contribution in [0.4, 0.5) is 0 Å². The zero-order valence-corrected chi connectivity index (χ0v) is 12.2. The van der Waals surface area contributed by atoms with E-state index in [1.54, 1.807) is 19.3 Å². The summed E-state index contributed by atoms with van der Waals surface area (Å²) in [5, 5.41) is 0. The third-order valence-corrected chi connectivity index (χ3v) is 6.67. The second-order valence-corrected chi connectivity index (χ2v) is 8.44. The number of ether oxygens (including phenoxy) is 1. The van der Waals surface area contributed by atoms with Gasteiger partial charge in [0.25, 0.3) is 0 Å². The molecule has 0 radical (unpaired) electrons. The summed E-state index contributed by atoms with van der Waals surface area (Å²) in [6.45, 7) is 1.73. The minimum atomic E-state index is 0.00157. The third-order valence-electron chi connectivity index (χ3n) is 6.67. The summed E-state index contributed by atoms with van der Waals surface area (Å²) in [6, 6.07) is 0. The molecule has 2 heteroatoms. The summed E-state index contributed by atoms with van der Waals surface area (Å²) in [4.78, 5) is 0. The van der Waals surface area contributed by atoms with E-state index in [4.69, 9.17) is 10.5 Å². The minimum absolute atomic E-state index is 0.00157. The summed E-state index contributed by atoms with van der Waals surface area (Å²) in [7, 11) is 0. The van der Waals surface area contributed by atoms with Gasteiger partial charge in [-0.15, -0.1) is 0 Å². The summed E-state index contributed by atoms with van der Waals surface area (Å²) in [6.07, 6.45) is 14.2. The van der Waals surface area contributed by atoms with Crippen molar-refractivity contribution in [1.82, 2.24) is 0 Å². The molecule has 0 spiro atoms. The van der Waals surface area contributed by atoms with Gasteiger partial charge >= 0.3 is 0 Å². The molecule has 1 heterocycles. The standard InChI is InChI=1S/C17H29NO/c18-17(2-1-5-19-12-17)4-3-16-9-13-6-14(10-16)8-15(7-13)11-16/h13-15H,1-12,18H2. The molecule has 2 N–H and O–H groups in total. The van der Waals surface area contributed by atoms with Crippen molar-refractivity contribution in [3.05, 3.63) is 0 Å². The zero-order chi connectivity index (χ0) is 12.9. The minimum Gasteiger partial charge on any atom is -0.380 e. The van der Waals surface area contributed by atoms with Crippen LogP contribution in [0.3, 0.4) is 0 Å². The SMILES string of the molecule is NC1(CCC23CC4CC(CC(C4)C2)C3)CCCOC1. The molecule has 5 aliphatic rings. The van der Waals surface area contributed by atoms with Gasteiger partial charge in [-0.05, 0) is 87.4 Å². The topological polar surface area (TPSA) is 35.2 Å². The molecule has 4 aliphatic carbocycles. The molecule has 5 fully saturated rings. The van der Waals surface area contributed by atoms with Crippen LogP contribution >= 0.6 is 0 Å². The normalized spacial score (nSPS) is 52.6. The van der Waals surface area contributed by atoms with Crippen molar-refractivity contribution in [2.45, 2.75) is 69.7 Å². The molecular formula is C17H29NO. The van der Waals surface area contributed by atoms with Crippen LogP contribution in [-0.4, -0.2) is 18.8 Å². The van der Waals surface area contributed by atoms with Crippen LogP contribution in [0.25, 0.3) is 0 Å². The molecular weight excluding hydrogens is 234 g/mol. The first kappa shape index (κ1) is 12.6. The molecule has 5 rings (SSSR count). The van der Waals surface area contributed by atoms with Gasteiger partial charge < -0.3 is 10.5 Å². The average Bonchev–Trinajstić information content (AvgIpc) is 2.36. The van der Waals surface area contributed by atoms with Gasteiger partial charge in [0.05, 0.1) is 6.61 Å². The first-order valence-electron chi connectivity index (χ1n) is 8.52. The molecule has 4 bridgehead atoms. The van der Waals surface area contributed by atoms with Crippen LogP contribution in [-0.2, 0) is 4.74 Å². The monoisotopic (exact) mass is 263 g/mol. The molecule has 2 nitrogen and oxygen atoms in total. The highest BCUT2D eigenvalue weighted by Gasteiger charge is 2.51. The second-order valence-electron chi connectivity index (χ2n) is 8.44. The Morgan fingerprint density at radius 2 is 1.58 bits per heavy atom. The Bertz CT molecular complexity index is 310. The average molecular weight is 263 g/mol. The van der Waals surface area contributed by atoms with Gasteiger partial charge in [-0.2, -0.15) is 0 Å². The lowest BCUT2D eigenvalue weighted by molar-refractivity contribution is -0.0652. The Balaban J connectivity index is 1.42.